The second kappa shape index (κ2) is 5.05. The van der Waals surface area contributed by atoms with Gasteiger partial charge in [-0.3, -0.25) is 4.79 Å². The largest absolute Gasteiger partial charge is 0.459 e. The van der Waals surface area contributed by atoms with Gasteiger partial charge >= 0.3 is 11.7 Å². The Balaban J connectivity index is 4.50. The Kier molecular flexibility index (Phi) is 4.81. The number of halogens is 2. The van der Waals surface area contributed by atoms with E-state index in [0.717, 1.165) is 6.92 Å². The van der Waals surface area contributed by atoms with Gasteiger partial charge in [0.1, 0.15) is 11.6 Å². The molecule has 96 valence electrons. The molecule has 0 spiro atoms. The van der Waals surface area contributed by atoms with Crippen molar-refractivity contribution in [1.29, 1.82) is 0 Å². The van der Waals surface area contributed by atoms with E-state index in [9.17, 15) is 22.0 Å². The van der Waals surface area contributed by atoms with Gasteiger partial charge in [-0.25, -0.2) is 8.42 Å². The summed E-state index contributed by atoms with van der Waals surface area (Å²) in [5.41, 5.74) is -0.804. The van der Waals surface area contributed by atoms with Crippen molar-refractivity contribution in [2.24, 2.45) is 0 Å². The summed E-state index contributed by atoms with van der Waals surface area (Å²) < 4.78 is 51.8. The van der Waals surface area contributed by atoms with Crippen molar-refractivity contribution in [3.63, 3.8) is 0 Å². The number of hydrogen-bond donors (Lipinski definition) is 1. The molecule has 0 aromatic carbocycles. The van der Waals surface area contributed by atoms with E-state index in [4.69, 9.17) is 4.74 Å². The molecular formula is C8H15F2NO4S. The van der Waals surface area contributed by atoms with Crippen LogP contribution in [0.15, 0.2) is 0 Å². The van der Waals surface area contributed by atoms with Crippen LogP contribution in [0.5, 0.6) is 0 Å². The molecule has 0 amide bonds. The third-order valence-corrected chi connectivity index (χ3v) is 2.49. The van der Waals surface area contributed by atoms with E-state index < -0.39 is 33.4 Å². The molecule has 0 bridgehead atoms. The zero-order valence-corrected chi connectivity index (χ0v) is 10.3. The molecule has 0 aliphatic carbocycles. The highest BCUT2D eigenvalue weighted by atomic mass is 32.2. The van der Waals surface area contributed by atoms with E-state index in [1.165, 1.54) is 4.72 Å². The topological polar surface area (TPSA) is 72.5 Å². The van der Waals surface area contributed by atoms with Crippen molar-refractivity contribution in [2.45, 2.75) is 45.1 Å². The van der Waals surface area contributed by atoms with Gasteiger partial charge in [0.2, 0.25) is 0 Å². The zero-order valence-electron chi connectivity index (χ0n) is 9.45. The molecule has 1 atom stereocenters. The first-order valence-corrected chi connectivity index (χ1v) is 6.02. The Labute approximate surface area is 93.2 Å². The zero-order chi connectivity index (χ0) is 13.1. The number of alkyl halides is 2. The lowest BCUT2D eigenvalue weighted by molar-refractivity contribution is -0.156. The molecule has 0 saturated heterocycles. The lowest BCUT2D eigenvalue weighted by Gasteiger charge is -2.22. The first-order valence-electron chi connectivity index (χ1n) is 4.48. The molecule has 8 heteroatoms. The van der Waals surface area contributed by atoms with Crippen LogP contribution in [0.3, 0.4) is 0 Å². The molecule has 0 aliphatic rings. The van der Waals surface area contributed by atoms with Crippen LogP contribution in [0.1, 0.15) is 27.7 Å². The first-order chi connectivity index (χ1) is 6.96. The second-order valence-electron chi connectivity index (χ2n) is 4.18. The number of carbonyl (C=O) groups is 1. The predicted octanol–water partition coefficient (Wildman–Crippen LogP) is 0.859. The minimum atomic E-state index is -4.78. The number of nitrogens with one attached hydrogen (secondary N) is 1. The molecular weight excluding hydrogens is 244 g/mol. The average molecular weight is 259 g/mol. The highest BCUT2D eigenvalue weighted by Crippen LogP contribution is 2.10. The van der Waals surface area contributed by atoms with Gasteiger partial charge in [-0.15, -0.1) is 0 Å². The molecule has 0 rings (SSSR count). The molecule has 1 N–H and O–H groups in total. The predicted molar refractivity (Wildman–Crippen MR) is 53.4 cm³/mol. The number of ether oxygens (including phenoxy) is 1. The Bertz CT molecular complexity index is 348. The third-order valence-electron chi connectivity index (χ3n) is 1.34. The highest BCUT2D eigenvalue weighted by molar-refractivity contribution is 7.89. The summed E-state index contributed by atoms with van der Waals surface area (Å²) in [4.78, 5) is 11.3. The summed E-state index contributed by atoms with van der Waals surface area (Å²) in [5, 5.41) is 0. The van der Waals surface area contributed by atoms with Gasteiger partial charge in [0.25, 0.3) is 10.0 Å². The summed E-state index contributed by atoms with van der Waals surface area (Å²) >= 11 is 0. The van der Waals surface area contributed by atoms with E-state index in [0.29, 0.717) is 0 Å². The van der Waals surface area contributed by atoms with Crippen molar-refractivity contribution in [1.82, 2.24) is 4.72 Å². The monoisotopic (exact) mass is 259 g/mol. The van der Waals surface area contributed by atoms with Crippen LogP contribution in [0.4, 0.5) is 8.78 Å². The van der Waals surface area contributed by atoms with E-state index in [-0.39, 0.29) is 0 Å². The van der Waals surface area contributed by atoms with Crippen LogP contribution in [-0.2, 0) is 19.6 Å². The SMILES string of the molecule is C[C@@H](NS(=O)(=O)C(F)F)C(=O)OC(C)(C)C. The summed E-state index contributed by atoms with van der Waals surface area (Å²) in [6, 6.07) is -1.35. The molecule has 0 heterocycles. The van der Waals surface area contributed by atoms with Gasteiger partial charge in [-0.1, -0.05) is 0 Å². The van der Waals surface area contributed by atoms with Crippen molar-refractivity contribution in [3.05, 3.63) is 0 Å². The number of esters is 1. The molecule has 0 aromatic rings. The Morgan fingerprint density at radius 2 is 1.75 bits per heavy atom. The molecule has 0 aliphatic heterocycles. The van der Waals surface area contributed by atoms with Crippen LogP contribution in [0.2, 0.25) is 0 Å². The molecule has 5 nitrogen and oxygen atoms in total. The maximum atomic E-state index is 12.0. The van der Waals surface area contributed by atoms with Gasteiger partial charge in [0.05, 0.1) is 0 Å². The standard InChI is InChI=1S/C8H15F2NO4S/c1-5(6(12)15-8(2,3)4)11-16(13,14)7(9)10/h5,7,11H,1-4H3/t5-/m1/s1. The maximum Gasteiger partial charge on any atom is 0.350 e. The number of hydrogen-bond acceptors (Lipinski definition) is 4. The number of sulfonamides is 1. The van der Waals surface area contributed by atoms with Crippen molar-refractivity contribution in [3.8, 4) is 0 Å². The highest BCUT2D eigenvalue weighted by Gasteiger charge is 2.30. The number of rotatable bonds is 4. The fourth-order valence-corrected chi connectivity index (χ4v) is 1.43. The Morgan fingerprint density at radius 3 is 2.06 bits per heavy atom. The average Bonchev–Trinajstić information content (AvgIpc) is 1.99. The minimum absolute atomic E-state index is 0.804. The maximum absolute atomic E-state index is 12.0. The van der Waals surface area contributed by atoms with E-state index in [1.54, 1.807) is 20.8 Å². The van der Waals surface area contributed by atoms with Crippen molar-refractivity contribution in [2.75, 3.05) is 0 Å². The van der Waals surface area contributed by atoms with Gasteiger partial charge < -0.3 is 4.74 Å². The second-order valence-corrected chi connectivity index (χ2v) is 5.86. The summed E-state index contributed by atoms with van der Waals surface area (Å²) in [5.74, 6) is -4.48. The van der Waals surface area contributed by atoms with Crippen molar-refractivity contribution < 1.29 is 26.7 Å². The summed E-state index contributed by atoms with van der Waals surface area (Å²) in [6.07, 6.45) is 0. The summed E-state index contributed by atoms with van der Waals surface area (Å²) in [7, 11) is -4.78. The Morgan fingerprint density at radius 1 is 1.31 bits per heavy atom. The molecule has 0 aromatic heterocycles. The van der Waals surface area contributed by atoms with E-state index >= 15 is 0 Å². The smallest absolute Gasteiger partial charge is 0.350 e. The van der Waals surface area contributed by atoms with Gasteiger partial charge in [-0.05, 0) is 27.7 Å². The molecule has 0 saturated carbocycles. The normalized spacial score (nSPS) is 14.9. The van der Waals surface area contributed by atoms with Gasteiger partial charge in [-0.2, -0.15) is 13.5 Å². The number of carbonyl (C=O) groups excluding carboxylic acids is 1. The van der Waals surface area contributed by atoms with Crippen LogP contribution < -0.4 is 4.72 Å². The van der Waals surface area contributed by atoms with E-state index in [1.807, 2.05) is 0 Å². The molecule has 16 heavy (non-hydrogen) atoms. The van der Waals surface area contributed by atoms with Crippen LogP contribution in [-0.4, -0.2) is 31.8 Å². The Hall–Kier alpha value is -0.760. The van der Waals surface area contributed by atoms with Crippen LogP contribution in [0.25, 0.3) is 0 Å². The fraction of sp³-hybridized carbons (Fsp3) is 0.875. The lowest BCUT2D eigenvalue weighted by atomic mass is 10.2. The van der Waals surface area contributed by atoms with E-state index in [2.05, 4.69) is 0 Å². The van der Waals surface area contributed by atoms with Crippen LogP contribution >= 0.6 is 0 Å². The quantitative estimate of drug-likeness (QED) is 0.760. The first kappa shape index (κ1) is 15.2. The fourth-order valence-electron chi connectivity index (χ4n) is 0.736. The minimum Gasteiger partial charge on any atom is -0.459 e. The summed E-state index contributed by atoms with van der Waals surface area (Å²) in [6.45, 7) is 5.88. The third kappa shape index (κ3) is 5.36. The lowest BCUT2D eigenvalue weighted by Crippen LogP contribution is -2.44. The molecule has 0 fully saturated rings. The van der Waals surface area contributed by atoms with Crippen LogP contribution in [0, 0.1) is 0 Å². The molecule has 0 unspecified atom stereocenters. The van der Waals surface area contributed by atoms with Gasteiger partial charge in [0.15, 0.2) is 0 Å². The molecule has 0 radical (unpaired) electrons. The van der Waals surface area contributed by atoms with Crippen molar-refractivity contribution >= 4 is 16.0 Å². The van der Waals surface area contributed by atoms with Gasteiger partial charge in [0, 0.05) is 0 Å².